The average molecular weight is 590 g/mol. The van der Waals surface area contributed by atoms with Crippen molar-refractivity contribution in [1.29, 1.82) is 0 Å². The normalized spacial score (nSPS) is 11.0. The molecular weight excluding hydrogens is 574 g/mol. The van der Waals surface area contributed by atoms with E-state index in [2.05, 4.69) is 6.92 Å². The van der Waals surface area contributed by atoms with Gasteiger partial charge in [0, 0.05) is 10.9 Å². The van der Waals surface area contributed by atoms with Gasteiger partial charge in [-0.2, -0.15) is 0 Å². The maximum absolute atomic E-state index is 13.2. The van der Waals surface area contributed by atoms with Crippen LogP contribution < -0.4 is 4.74 Å². The van der Waals surface area contributed by atoms with Gasteiger partial charge in [0.25, 0.3) is 0 Å². The van der Waals surface area contributed by atoms with E-state index in [1.165, 1.54) is 0 Å². The van der Waals surface area contributed by atoms with Crippen molar-refractivity contribution in [3.05, 3.63) is 59.9 Å². The lowest BCUT2D eigenvalue weighted by atomic mass is 9.99. The molecule has 0 aliphatic carbocycles. The number of aliphatic carboxylic acids is 1. The Morgan fingerprint density at radius 1 is 1.15 bits per heavy atom. The molecule has 0 fully saturated rings. The molecule has 3 aromatic rings. The summed E-state index contributed by atoms with van der Waals surface area (Å²) >= 11 is 4.10. The van der Waals surface area contributed by atoms with Crippen molar-refractivity contribution in [2.75, 3.05) is 6.61 Å². The molecule has 0 amide bonds. The molecule has 0 aliphatic heterocycles. The van der Waals surface area contributed by atoms with Gasteiger partial charge in [-0.25, -0.2) is 4.79 Å². The lowest BCUT2D eigenvalue weighted by Crippen LogP contribution is -2.12. The number of hydrogen-bond donors (Lipinski definition) is 1. The van der Waals surface area contributed by atoms with Crippen LogP contribution in [0.4, 0.5) is 0 Å². The summed E-state index contributed by atoms with van der Waals surface area (Å²) in [5, 5.41) is 9.62. The molecule has 0 aliphatic rings. The number of ether oxygens (including phenoxy) is 1. The number of halogens is 2. The highest BCUT2D eigenvalue weighted by Crippen LogP contribution is 2.33. The van der Waals surface area contributed by atoms with Crippen LogP contribution in [0.5, 0.6) is 5.75 Å². The molecule has 1 aromatic heterocycles. The first-order valence-corrected chi connectivity index (χ1v) is 10.4. The molecule has 1 heterocycles. The molecule has 0 atom stereocenters. The number of carbonyl (C=O) groups excluding carboxylic acids is 1. The second-order valence-electron chi connectivity index (χ2n) is 6.00. The fourth-order valence-electron chi connectivity index (χ4n) is 2.88. The Morgan fingerprint density at radius 3 is 2.41 bits per heavy atom. The number of furan rings is 1. The quantitative estimate of drug-likeness (QED) is 0.316. The summed E-state index contributed by atoms with van der Waals surface area (Å²) in [4.78, 5) is 24.0. The summed E-state index contributed by atoms with van der Waals surface area (Å²) in [6, 6.07) is 9.32. The Kier molecular flexibility index (Phi) is 6.09. The number of ketones is 1. The van der Waals surface area contributed by atoms with E-state index in [9.17, 15) is 9.59 Å². The minimum atomic E-state index is -1.05. The van der Waals surface area contributed by atoms with Crippen LogP contribution in [0.1, 0.15) is 34.2 Å². The first-order valence-electron chi connectivity index (χ1n) is 8.22. The Bertz CT molecular complexity index is 1030. The van der Waals surface area contributed by atoms with Gasteiger partial charge in [-0.3, -0.25) is 4.79 Å². The van der Waals surface area contributed by atoms with Crippen LogP contribution in [0.15, 0.2) is 34.7 Å². The van der Waals surface area contributed by atoms with E-state index in [1.54, 1.807) is 19.1 Å². The summed E-state index contributed by atoms with van der Waals surface area (Å²) in [7, 11) is 0. The lowest BCUT2D eigenvalue weighted by molar-refractivity contribution is -0.139. The Morgan fingerprint density at radius 2 is 1.81 bits per heavy atom. The van der Waals surface area contributed by atoms with Crippen LogP contribution in [0, 0.1) is 14.1 Å². The number of rotatable bonds is 6. The summed E-state index contributed by atoms with van der Waals surface area (Å²) in [6.07, 6.45) is 0.874. The number of benzene rings is 2. The number of carboxylic acid groups (broad SMARTS) is 1. The molecule has 3 rings (SSSR count). The third-order valence-corrected chi connectivity index (χ3v) is 5.77. The van der Waals surface area contributed by atoms with Crippen molar-refractivity contribution in [1.82, 2.24) is 0 Å². The third kappa shape index (κ3) is 4.13. The van der Waals surface area contributed by atoms with Gasteiger partial charge < -0.3 is 14.3 Å². The Labute approximate surface area is 183 Å². The highest BCUT2D eigenvalue weighted by Gasteiger charge is 2.22. The van der Waals surface area contributed by atoms with Gasteiger partial charge in [-0.05, 0) is 88.4 Å². The van der Waals surface area contributed by atoms with E-state index in [1.807, 2.05) is 63.4 Å². The molecule has 2 aromatic carbocycles. The standard InChI is InChI=1S/C20H16I2O5/c1-3-11-4-5-16-13(6-11)18(10(2)27-16)19(25)12-7-14(21)20(15(22)8-12)26-9-17(23)24/h4-8H,3,9H2,1-2H3,(H,23,24). The Balaban J connectivity index is 2.05. The zero-order chi connectivity index (χ0) is 19.7. The monoisotopic (exact) mass is 590 g/mol. The van der Waals surface area contributed by atoms with Crippen LogP contribution in [0.25, 0.3) is 11.0 Å². The zero-order valence-corrected chi connectivity index (χ0v) is 19.0. The minimum absolute atomic E-state index is 0.125. The number of carbonyl (C=O) groups is 2. The summed E-state index contributed by atoms with van der Waals surface area (Å²) in [5.41, 5.74) is 2.91. The number of carboxylic acids is 1. The average Bonchev–Trinajstić information content (AvgIpc) is 2.94. The molecule has 0 saturated heterocycles. The van der Waals surface area contributed by atoms with Crippen LogP contribution in [0.3, 0.4) is 0 Å². The van der Waals surface area contributed by atoms with Gasteiger partial charge in [-0.1, -0.05) is 13.0 Å². The molecule has 1 N–H and O–H groups in total. The molecule has 27 heavy (non-hydrogen) atoms. The topological polar surface area (TPSA) is 76.7 Å². The maximum atomic E-state index is 13.2. The second-order valence-corrected chi connectivity index (χ2v) is 8.32. The maximum Gasteiger partial charge on any atom is 0.341 e. The second kappa shape index (κ2) is 8.17. The van der Waals surface area contributed by atoms with E-state index in [0.717, 1.165) is 17.4 Å². The summed E-state index contributed by atoms with van der Waals surface area (Å²) in [5.74, 6) is -0.120. The zero-order valence-electron chi connectivity index (χ0n) is 14.6. The third-order valence-electron chi connectivity index (χ3n) is 4.16. The Hall–Kier alpha value is -1.62. The first kappa shape index (κ1) is 20.1. The van der Waals surface area contributed by atoms with Crippen molar-refractivity contribution in [2.24, 2.45) is 0 Å². The first-order chi connectivity index (χ1) is 12.8. The largest absolute Gasteiger partial charge is 0.480 e. The van der Waals surface area contributed by atoms with Gasteiger partial charge in [0.1, 0.15) is 17.1 Å². The van der Waals surface area contributed by atoms with Crippen molar-refractivity contribution in [2.45, 2.75) is 20.3 Å². The molecule has 0 unspecified atom stereocenters. The fourth-order valence-corrected chi connectivity index (χ4v) is 4.96. The van der Waals surface area contributed by atoms with E-state index in [4.69, 9.17) is 14.3 Å². The SMILES string of the molecule is CCc1ccc2oc(C)c(C(=O)c3cc(I)c(OCC(=O)O)c(I)c3)c2c1. The number of hydrogen-bond acceptors (Lipinski definition) is 4. The van der Waals surface area contributed by atoms with Gasteiger partial charge >= 0.3 is 5.97 Å². The molecule has 0 radical (unpaired) electrons. The summed E-state index contributed by atoms with van der Waals surface area (Å²) < 4.78 is 12.5. The van der Waals surface area contributed by atoms with Gasteiger partial charge in [-0.15, -0.1) is 0 Å². The van der Waals surface area contributed by atoms with Crippen LogP contribution in [-0.2, 0) is 11.2 Å². The van der Waals surface area contributed by atoms with E-state index < -0.39 is 12.6 Å². The predicted molar refractivity (Wildman–Crippen MR) is 119 cm³/mol. The van der Waals surface area contributed by atoms with Gasteiger partial charge in [0.15, 0.2) is 12.4 Å². The highest BCUT2D eigenvalue weighted by molar-refractivity contribution is 14.1. The lowest BCUT2D eigenvalue weighted by Gasteiger charge is -2.10. The van der Waals surface area contributed by atoms with Gasteiger partial charge in [0.2, 0.25) is 0 Å². The van der Waals surface area contributed by atoms with Crippen LogP contribution in [0.2, 0.25) is 0 Å². The highest BCUT2D eigenvalue weighted by atomic mass is 127. The molecule has 0 bridgehead atoms. The molecule has 7 heteroatoms. The van der Waals surface area contributed by atoms with Crippen molar-refractivity contribution < 1.29 is 23.8 Å². The van der Waals surface area contributed by atoms with Crippen LogP contribution in [-0.4, -0.2) is 23.5 Å². The summed E-state index contributed by atoms with van der Waals surface area (Å²) in [6.45, 7) is 3.43. The molecule has 0 saturated carbocycles. The van der Waals surface area contributed by atoms with Crippen molar-refractivity contribution >= 4 is 67.9 Å². The van der Waals surface area contributed by atoms with E-state index in [0.29, 0.717) is 35.4 Å². The molecule has 5 nitrogen and oxygen atoms in total. The van der Waals surface area contributed by atoms with E-state index >= 15 is 0 Å². The van der Waals surface area contributed by atoms with Crippen LogP contribution >= 0.6 is 45.2 Å². The molecule has 140 valence electrons. The molecule has 0 spiro atoms. The van der Waals surface area contributed by atoms with Crippen molar-refractivity contribution in [3.8, 4) is 5.75 Å². The minimum Gasteiger partial charge on any atom is -0.480 e. The fraction of sp³-hybridized carbons (Fsp3) is 0.200. The predicted octanol–water partition coefficient (Wildman–Crippen LogP) is 5.21. The number of aryl methyl sites for hydroxylation is 2. The molecular formula is C20H16I2O5. The van der Waals surface area contributed by atoms with E-state index in [-0.39, 0.29) is 5.78 Å². The smallest absolute Gasteiger partial charge is 0.341 e. The van der Waals surface area contributed by atoms with Crippen molar-refractivity contribution in [3.63, 3.8) is 0 Å². The number of fused-ring (bicyclic) bond motifs is 1. The van der Waals surface area contributed by atoms with Gasteiger partial charge in [0.05, 0.1) is 12.7 Å².